The Morgan fingerprint density at radius 2 is 1.75 bits per heavy atom. The van der Waals surface area contributed by atoms with Crippen molar-refractivity contribution in [3.8, 4) is 6.07 Å². The summed E-state index contributed by atoms with van der Waals surface area (Å²) in [7, 11) is -3.56. The lowest BCUT2D eigenvalue weighted by atomic mass is 9.97. The fourth-order valence-corrected chi connectivity index (χ4v) is 5.13. The van der Waals surface area contributed by atoms with E-state index in [1.54, 1.807) is 37.3 Å². The molecule has 0 unspecified atom stereocenters. The highest BCUT2D eigenvalue weighted by Gasteiger charge is 2.32. The van der Waals surface area contributed by atoms with Gasteiger partial charge < -0.3 is 5.32 Å². The van der Waals surface area contributed by atoms with Gasteiger partial charge >= 0.3 is 0 Å². The molecule has 0 spiro atoms. The van der Waals surface area contributed by atoms with Crippen LogP contribution >= 0.6 is 0 Å². The van der Waals surface area contributed by atoms with E-state index < -0.39 is 10.0 Å². The van der Waals surface area contributed by atoms with Crippen LogP contribution in [0.3, 0.4) is 0 Å². The minimum Gasteiger partial charge on any atom is -0.326 e. The quantitative estimate of drug-likeness (QED) is 0.858. The third-order valence-corrected chi connectivity index (χ3v) is 7.11. The zero-order chi connectivity index (χ0) is 20.3. The maximum atomic E-state index is 13.0. The summed E-state index contributed by atoms with van der Waals surface area (Å²) in [6.45, 7) is 4.31. The molecular weight excluding hydrogens is 374 g/mol. The monoisotopic (exact) mass is 397 g/mol. The van der Waals surface area contributed by atoms with Gasteiger partial charge in [-0.2, -0.15) is 9.57 Å². The van der Waals surface area contributed by atoms with Gasteiger partial charge in [-0.3, -0.25) is 4.79 Å². The van der Waals surface area contributed by atoms with Crippen LogP contribution in [-0.2, 0) is 14.8 Å². The molecule has 1 aliphatic rings. The first-order chi connectivity index (χ1) is 13.3. The molecule has 146 valence electrons. The lowest BCUT2D eigenvalue weighted by Gasteiger charge is -2.31. The predicted molar refractivity (Wildman–Crippen MR) is 107 cm³/mol. The summed E-state index contributed by atoms with van der Waals surface area (Å²) in [6, 6.07) is 14.1. The van der Waals surface area contributed by atoms with Crippen molar-refractivity contribution >= 4 is 21.6 Å². The fraction of sp³-hybridized carbons (Fsp3) is 0.333. The standard InChI is InChI=1S/C21H23N3O3S/c1-15-3-4-16(2)20(13-15)28(26,27)24-11-9-18(10-12-24)21(25)23-19-7-5-17(14-22)6-8-19/h3-8,13,18H,9-12H2,1-2H3,(H,23,25). The summed E-state index contributed by atoms with van der Waals surface area (Å²) in [5.41, 5.74) is 2.80. The second-order valence-electron chi connectivity index (χ2n) is 7.13. The Kier molecular flexibility index (Phi) is 5.82. The molecule has 1 heterocycles. The Balaban J connectivity index is 1.64. The number of nitrogens with one attached hydrogen (secondary N) is 1. The van der Waals surface area contributed by atoms with Gasteiger partial charge in [0.05, 0.1) is 16.5 Å². The molecule has 1 fully saturated rings. The molecule has 1 aliphatic heterocycles. The van der Waals surface area contributed by atoms with E-state index in [0.717, 1.165) is 11.1 Å². The number of nitrogens with zero attached hydrogens (tertiary/aromatic N) is 2. The molecule has 0 atom stereocenters. The third kappa shape index (κ3) is 4.24. The molecule has 0 saturated carbocycles. The molecule has 3 rings (SSSR count). The van der Waals surface area contributed by atoms with E-state index in [1.165, 1.54) is 4.31 Å². The van der Waals surface area contributed by atoms with E-state index in [1.807, 2.05) is 25.1 Å². The van der Waals surface area contributed by atoms with Gasteiger partial charge in [-0.05, 0) is 68.1 Å². The van der Waals surface area contributed by atoms with E-state index >= 15 is 0 Å². The summed E-state index contributed by atoms with van der Waals surface area (Å²) in [5.74, 6) is -0.353. The highest BCUT2D eigenvalue weighted by atomic mass is 32.2. The molecule has 6 nitrogen and oxygen atoms in total. The number of carbonyl (C=O) groups excluding carboxylic acids is 1. The number of piperidine rings is 1. The highest BCUT2D eigenvalue weighted by molar-refractivity contribution is 7.89. The Bertz CT molecular complexity index is 1020. The molecular formula is C21H23N3O3S. The SMILES string of the molecule is Cc1ccc(C)c(S(=O)(=O)N2CCC(C(=O)Nc3ccc(C#N)cc3)CC2)c1. The molecule has 0 bridgehead atoms. The number of aryl methyl sites for hydroxylation is 2. The normalized spacial score (nSPS) is 15.8. The van der Waals surface area contributed by atoms with Crippen LogP contribution < -0.4 is 5.32 Å². The van der Waals surface area contributed by atoms with E-state index in [4.69, 9.17) is 5.26 Å². The molecule has 2 aromatic carbocycles. The molecule has 7 heteroatoms. The lowest BCUT2D eigenvalue weighted by molar-refractivity contribution is -0.120. The molecule has 2 aromatic rings. The first kappa shape index (κ1) is 20.1. The Labute approximate surface area is 165 Å². The topological polar surface area (TPSA) is 90.3 Å². The number of hydrogen-bond donors (Lipinski definition) is 1. The fourth-order valence-electron chi connectivity index (χ4n) is 3.36. The van der Waals surface area contributed by atoms with Gasteiger partial charge in [0.15, 0.2) is 0 Å². The summed E-state index contributed by atoms with van der Waals surface area (Å²) in [6.07, 6.45) is 0.957. The first-order valence-corrected chi connectivity index (χ1v) is 10.6. The first-order valence-electron chi connectivity index (χ1n) is 9.19. The van der Waals surface area contributed by atoms with Gasteiger partial charge in [-0.25, -0.2) is 8.42 Å². The Morgan fingerprint density at radius 3 is 2.36 bits per heavy atom. The van der Waals surface area contributed by atoms with Crippen molar-refractivity contribution in [2.24, 2.45) is 5.92 Å². The van der Waals surface area contributed by atoms with Gasteiger partial charge in [-0.1, -0.05) is 12.1 Å². The number of amides is 1. The van der Waals surface area contributed by atoms with Crippen molar-refractivity contribution in [2.75, 3.05) is 18.4 Å². The van der Waals surface area contributed by atoms with Gasteiger partial charge in [0.1, 0.15) is 0 Å². The van der Waals surface area contributed by atoms with Crippen molar-refractivity contribution in [3.05, 3.63) is 59.2 Å². The highest BCUT2D eigenvalue weighted by Crippen LogP contribution is 2.27. The van der Waals surface area contributed by atoms with Crippen molar-refractivity contribution in [1.29, 1.82) is 5.26 Å². The Hall–Kier alpha value is -2.69. The Morgan fingerprint density at radius 1 is 1.11 bits per heavy atom. The molecule has 0 aromatic heterocycles. The summed E-state index contributed by atoms with van der Waals surface area (Å²) >= 11 is 0. The summed E-state index contributed by atoms with van der Waals surface area (Å²) in [4.78, 5) is 12.8. The van der Waals surface area contributed by atoms with Gasteiger partial charge in [0.25, 0.3) is 0 Å². The van der Waals surface area contributed by atoms with E-state index in [9.17, 15) is 13.2 Å². The second-order valence-corrected chi connectivity index (χ2v) is 9.03. The molecule has 1 saturated heterocycles. The average Bonchev–Trinajstić information content (AvgIpc) is 2.70. The van der Waals surface area contributed by atoms with E-state index in [-0.39, 0.29) is 11.8 Å². The number of rotatable bonds is 4. The third-order valence-electron chi connectivity index (χ3n) is 5.07. The van der Waals surface area contributed by atoms with Crippen molar-refractivity contribution in [1.82, 2.24) is 4.31 Å². The number of anilines is 1. The molecule has 28 heavy (non-hydrogen) atoms. The van der Waals surface area contributed by atoms with Crippen LogP contribution in [0.4, 0.5) is 5.69 Å². The molecule has 1 N–H and O–H groups in total. The number of nitriles is 1. The molecule has 0 radical (unpaired) electrons. The van der Waals surface area contributed by atoms with Gasteiger partial charge in [0, 0.05) is 24.7 Å². The van der Waals surface area contributed by atoms with E-state index in [0.29, 0.717) is 42.1 Å². The zero-order valence-corrected chi connectivity index (χ0v) is 16.8. The van der Waals surface area contributed by atoms with Crippen LogP contribution in [-0.4, -0.2) is 31.7 Å². The van der Waals surface area contributed by atoms with Crippen LogP contribution in [0.15, 0.2) is 47.4 Å². The largest absolute Gasteiger partial charge is 0.326 e. The minimum atomic E-state index is -3.56. The van der Waals surface area contributed by atoms with Crippen LogP contribution in [0.2, 0.25) is 0 Å². The maximum absolute atomic E-state index is 13.0. The van der Waals surface area contributed by atoms with Crippen molar-refractivity contribution in [3.63, 3.8) is 0 Å². The number of hydrogen-bond acceptors (Lipinski definition) is 4. The van der Waals surface area contributed by atoms with Gasteiger partial charge in [-0.15, -0.1) is 0 Å². The van der Waals surface area contributed by atoms with Crippen molar-refractivity contribution < 1.29 is 13.2 Å². The number of sulfonamides is 1. The molecule has 0 aliphatic carbocycles. The second kappa shape index (κ2) is 8.13. The smallest absolute Gasteiger partial charge is 0.243 e. The van der Waals surface area contributed by atoms with Crippen LogP contribution in [0, 0.1) is 31.1 Å². The van der Waals surface area contributed by atoms with Crippen LogP contribution in [0.5, 0.6) is 0 Å². The maximum Gasteiger partial charge on any atom is 0.243 e. The predicted octanol–water partition coefficient (Wildman–Crippen LogP) is 3.21. The van der Waals surface area contributed by atoms with Crippen LogP contribution in [0.1, 0.15) is 29.5 Å². The van der Waals surface area contributed by atoms with E-state index in [2.05, 4.69) is 5.32 Å². The zero-order valence-electron chi connectivity index (χ0n) is 16.0. The molecule has 1 amide bonds. The van der Waals surface area contributed by atoms with Crippen LogP contribution in [0.25, 0.3) is 0 Å². The number of carbonyl (C=O) groups is 1. The number of benzene rings is 2. The van der Waals surface area contributed by atoms with Crippen molar-refractivity contribution in [2.45, 2.75) is 31.6 Å². The average molecular weight is 398 g/mol. The summed E-state index contributed by atoms with van der Waals surface area (Å²) in [5, 5.41) is 11.7. The minimum absolute atomic E-state index is 0.117. The lowest BCUT2D eigenvalue weighted by Crippen LogP contribution is -2.41. The summed E-state index contributed by atoms with van der Waals surface area (Å²) < 4.78 is 27.4. The van der Waals surface area contributed by atoms with Gasteiger partial charge in [0.2, 0.25) is 15.9 Å².